The van der Waals surface area contributed by atoms with Crippen molar-refractivity contribution in [2.75, 3.05) is 39.5 Å². The fourth-order valence-electron chi connectivity index (χ4n) is 3.62. The molecule has 24 heavy (non-hydrogen) atoms. The Morgan fingerprint density at radius 3 is 2.92 bits per heavy atom. The lowest BCUT2D eigenvalue weighted by atomic mass is 10.0. The first kappa shape index (κ1) is 17.3. The molecule has 0 radical (unpaired) electrons. The summed E-state index contributed by atoms with van der Waals surface area (Å²) in [6.07, 6.45) is 1.58. The van der Waals surface area contributed by atoms with E-state index >= 15 is 0 Å². The van der Waals surface area contributed by atoms with Crippen LogP contribution in [0.15, 0.2) is 18.2 Å². The van der Waals surface area contributed by atoms with Gasteiger partial charge in [0.05, 0.1) is 12.6 Å². The minimum Gasteiger partial charge on any atom is -0.486 e. The van der Waals surface area contributed by atoms with Gasteiger partial charge < -0.3 is 24.4 Å². The van der Waals surface area contributed by atoms with Gasteiger partial charge in [0.2, 0.25) is 0 Å². The lowest BCUT2D eigenvalue weighted by Gasteiger charge is -2.32. The lowest BCUT2D eigenvalue weighted by molar-refractivity contribution is -0.146. The summed E-state index contributed by atoms with van der Waals surface area (Å²) >= 11 is 0. The number of fused-ring (bicyclic) bond motifs is 1. The van der Waals surface area contributed by atoms with E-state index in [4.69, 9.17) is 14.2 Å². The van der Waals surface area contributed by atoms with Crippen LogP contribution in [0.4, 0.5) is 0 Å². The van der Waals surface area contributed by atoms with Crippen LogP contribution in [0.5, 0.6) is 11.5 Å². The van der Waals surface area contributed by atoms with Crippen LogP contribution in [-0.4, -0.2) is 56.4 Å². The van der Waals surface area contributed by atoms with Gasteiger partial charge in [-0.2, -0.15) is 0 Å². The molecule has 132 valence electrons. The average molecular weight is 355 g/mol. The molecule has 1 amide bonds. The standard InChI is InChI=1S/C17H22N2O4.ClH/c20-17(15-11-18-6-8-21-15)19-7-2-4-13(19)12-3-1-5-14-16(12)23-10-9-22-14;/h1,3,5,13,15,18H,2,4,6-11H2;1H. The van der Waals surface area contributed by atoms with Crippen molar-refractivity contribution < 1.29 is 19.0 Å². The smallest absolute Gasteiger partial charge is 0.253 e. The van der Waals surface area contributed by atoms with E-state index in [-0.39, 0.29) is 30.5 Å². The maximum atomic E-state index is 12.8. The van der Waals surface area contributed by atoms with Gasteiger partial charge in [-0.05, 0) is 18.9 Å². The number of likely N-dealkylation sites (tertiary alicyclic amines) is 1. The monoisotopic (exact) mass is 354 g/mol. The van der Waals surface area contributed by atoms with E-state index in [0.717, 1.165) is 43.0 Å². The number of carbonyl (C=O) groups is 1. The molecule has 1 aromatic carbocycles. The molecule has 0 aromatic heterocycles. The van der Waals surface area contributed by atoms with Crippen molar-refractivity contribution in [2.24, 2.45) is 0 Å². The van der Waals surface area contributed by atoms with E-state index in [1.54, 1.807) is 0 Å². The molecule has 6 nitrogen and oxygen atoms in total. The molecule has 3 aliphatic heterocycles. The number of carbonyl (C=O) groups excluding carboxylic acids is 1. The summed E-state index contributed by atoms with van der Waals surface area (Å²) in [4.78, 5) is 14.8. The zero-order valence-electron chi connectivity index (χ0n) is 13.5. The van der Waals surface area contributed by atoms with Gasteiger partial charge in [-0.25, -0.2) is 0 Å². The number of amides is 1. The zero-order valence-corrected chi connectivity index (χ0v) is 14.3. The van der Waals surface area contributed by atoms with Gasteiger partial charge in [0, 0.05) is 25.2 Å². The number of rotatable bonds is 2. The molecule has 0 saturated carbocycles. The second-order valence-corrected chi connectivity index (χ2v) is 6.12. The molecule has 2 fully saturated rings. The summed E-state index contributed by atoms with van der Waals surface area (Å²) in [6, 6.07) is 5.99. The number of hydrogen-bond donors (Lipinski definition) is 1. The number of morpholine rings is 1. The molecule has 3 aliphatic rings. The van der Waals surface area contributed by atoms with Gasteiger partial charge in [0.25, 0.3) is 5.91 Å². The predicted molar refractivity (Wildman–Crippen MR) is 91.0 cm³/mol. The van der Waals surface area contributed by atoms with E-state index in [9.17, 15) is 4.79 Å². The van der Waals surface area contributed by atoms with Gasteiger partial charge in [0.15, 0.2) is 11.5 Å². The topological polar surface area (TPSA) is 60.0 Å². The molecule has 1 aromatic rings. The van der Waals surface area contributed by atoms with Crippen molar-refractivity contribution in [1.29, 1.82) is 0 Å². The molecule has 2 saturated heterocycles. The van der Waals surface area contributed by atoms with Crippen molar-refractivity contribution in [1.82, 2.24) is 10.2 Å². The highest BCUT2D eigenvalue weighted by atomic mass is 35.5. The number of halogens is 1. The van der Waals surface area contributed by atoms with Crippen LogP contribution in [0.1, 0.15) is 24.4 Å². The SMILES string of the molecule is Cl.O=C(C1CNCCO1)N1CCCC1c1cccc2c1OCCO2. The largest absolute Gasteiger partial charge is 0.486 e. The summed E-state index contributed by atoms with van der Waals surface area (Å²) < 4.78 is 17.1. The van der Waals surface area contributed by atoms with E-state index < -0.39 is 0 Å². The second kappa shape index (κ2) is 7.59. The van der Waals surface area contributed by atoms with Crippen LogP contribution < -0.4 is 14.8 Å². The molecule has 2 atom stereocenters. The first-order valence-electron chi connectivity index (χ1n) is 8.36. The molecular weight excluding hydrogens is 332 g/mol. The first-order chi connectivity index (χ1) is 11.3. The molecule has 0 spiro atoms. The third-order valence-electron chi connectivity index (χ3n) is 4.69. The molecule has 1 N–H and O–H groups in total. The summed E-state index contributed by atoms with van der Waals surface area (Å²) in [7, 11) is 0. The fourth-order valence-corrected chi connectivity index (χ4v) is 3.62. The minimum atomic E-state index is -0.374. The summed E-state index contributed by atoms with van der Waals surface area (Å²) in [5, 5.41) is 3.23. The van der Waals surface area contributed by atoms with Crippen molar-refractivity contribution in [3.63, 3.8) is 0 Å². The van der Waals surface area contributed by atoms with Crippen molar-refractivity contribution >= 4 is 18.3 Å². The van der Waals surface area contributed by atoms with Crippen LogP contribution in [0, 0.1) is 0 Å². The normalized spacial score (nSPS) is 25.9. The molecule has 7 heteroatoms. The van der Waals surface area contributed by atoms with Crippen LogP contribution in [0.2, 0.25) is 0 Å². The number of ether oxygens (including phenoxy) is 3. The summed E-state index contributed by atoms with van der Waals surface area (Å²) in [5.74, 6) is 1.66. The minimum absolute atomic E-state index is 0. The Morgan fingerprint density at radius 1 is 1.21 bits per heavy atom. The van der Waals surface area contributed by atoms with E-state index in [1.807, 2.05) is 23.1 Å². The van der Waals surface area contributed by atoms with Crippen molar-refractivity contribution in [3.05, 3.63) is 23.8 Å². The Kier molecular flexibility index (Phi) is 5.48. The van der Waals surface area contributed by atoms with Crippen LogP contribution in [-0.2, 0) is 9.53 Å². The number of hydrogen-bond acceptors (Lipinski definition) is 5. The number of benzene rings is 1. The van der Waals surface area contributed by atoms with Crippen LogP contribution >= 0.6 is 12.4 Å². The van der Waals surface area contributed by atoms with Gasteiger partial charge in [-0.3, -0.25) is 4.79 Å². The summed E-state index contributed by atoms with van der Waals surface area (Å²) in [6.45, 7) is 3.89. The molecule has 2 unspecified atom stereocenters. The maximum absolute atomic E-state index is 12.8. The van der Waals surface area contributed by atoms with E-state index in [1.165, 1.54) is 0 Å². The first-order valence-corrected chi connectivity index (χ1v) is 8.36. The van der Waals surface area contributed by atoms with Gasteiger partial charge in [0.1, 0.15) is 19.3 Å². The lowest BCUT2D eigenvalue weighted by Crippen LogP contribution is -2.49. The molecular formula is C17H23ClN2O4. The quantitative estimate of drug-likeness (QED) is 0.872. The number of nitrogens with zero attached hydrogens (tertiary/aromatic N) is 1. The third-order valence-corrected chi connectivity index (χ3v) is 4.69. The highest BCUT2D eigenvalue weighted by Gasteiger charge is 2.37. The Labute approximate surface area is 147 Å². The van der Waals surface area contributed by atoms with Gasteiger partial charge in [-0.15, -0.1) is 12.4 Å². The predicted octanol–water partition coefficient (Wildman–Crippen LogP) is 1.53. The Bertz CT molecular complexity index is 592. The Hall–Kier alpha value is -1.50. The van der Waals surface area contributed by atoms with Crippen molar-refractivity contribution in [3.8, 4) is 11.5 Å². The molecule has 3 heterocycles. The molecule has 0 bridgehead atoms. The van der Waals surface area contributed by atoms with Gasteiger partial charge >= 0.3 is 0 Å². The fraction of sp³-hybridized carbons (Fsp3) is 0.588. The number of nitrogens with one attached hydrogen (secondary N) is 1. The molecule has 0 aliphatic carbocycles. The van der Waals surface area contributed by atoms with Gasteiger partial charge in [-0.1, -0.05) is 12.1 Å². The highest BCUT2D eigenvalue weighted by Crippen LogP contribution is 2.43. The second-order valence-electron chi connectivity index (χ2n) is 6.12. The highest BCUT2D eigenvalue weighted by molar-refractivity contribution is 5.85. The zero-order chi connectivity index (χ0) is 15.6. The third kappa shape index (κ3) is 3.18. The van der Waals surface area contributed by atoms with Crippen molar-refractivity contribution in [2.45, 2.75) is 25.0 Å². The Morgan fingerprint density at radius 2 is 2.08 bits per heavy atom. The van der Waals surface area contributed by atoms with E-state index in [0.29, 0.717) is 26.4 Å². The van der Waals surface area contributed by atoms with Crippen LogP contribution in [0.3, 0.4) is 0 Å². The average Bonchev–Trinajstić information content (AvgIpc) is 3.11. The van der Waals surface area contributed by atoms with E-state index in [2.05, 4.69) is 5.32 Å². The summed E-state index contributed by atoms with van der Waals surface area (Å²) in [5.41, 5.74) is 1.05. The molecule has 4 rings (SSSR count). The number of para-hydroxylation sites is 1. The maximum Gasteiger partial charge on any atom is 0.253 e. The Balaban J connectivity index is 0.00000169. The van der Waals surface area contributed by atoms with Crippen LogP contribution in [0.25, 0.3) is 0 Å².